The number of hydrogen-bond acceptors (Lipinski definition) is 2. The van der Waals surface area contributed by atoms with Crippen molar-refractivity contribution in [2.75, 3.05) is 13.1 Å². The van der Waals surface area contributed by atoms with Crippen LogP contribution in [-0.2, 0) is 18.3 Å². The van der Waals surface area contributed by atoms with Gasteiger partial charge in [0.15, 0.2) is 12.4 Å². The van der Waals surface area contributed by atoms with Gasteiger partial charge in [0, 0.05) is 18.6 Å². The lowest BCUT2D eigenvalue weighted by atomic mass is 10.2. The molecule has 0 aliphatic heterocycles. The molecule has 1 heterocycles. The van der Waals surface area contributed by atoms with Gasteiger partial charge < -0.3 is 10.4 Å². The van der Waals surface area contributed by atoms with Crippen molar-refractivity contribution in [2.24, 2.45) is 7.05 Å². The van der Waals surface area contributed by atoms with E-state index in [-0.39, 0.29) is 6.42 Å². The van der Waals surface area contributed by atoms with Gasteiger partial charge in [0.1, 0.15) is 7.05 Å². The summed E-state index contributed by atoms with van der Waals surface area (Å²) < 4.78 is 2.00. The van der Waals surface area contributed by atoms with E-state index in [9.17, 15) is 4.79 Å². The molecule has 0 atom stereocenters. The molecule has 0 radical (unpaired) electrons. The molecule has 88 valence electrons. The molecule has 4 heteroatoms. The van der Waals surface area contributed by atoms with Crippen molar-refractivity contribution >= 4 is 5.97 Å². The maximum Gasteiger partial charge on any atom is 0.303 e. The highest BCUT2D eigenvalue weighted by Crippen LogP contribution is 1.95. The summed E-state index contributed by atoms with van der Waals surface area (Å²) in [5.74, 6) is -0.725. The predicted molar refractivity (Wildman–Crippen MR) is 61.1 cm³/mol. The van der Waals surface area contributed by atoms with Crippen molar-refractivity contribution in [3.8, 4) is 0 Å². The number of carboxylic acid groups (broad SMARTS) is 1. The second kappa shape index (κ2) is 6.95. The minimum absolute atomic E-state index is 0.244. The Morgan fingerprint density at radius 2 is 2.06 bits per heavy atom. The standard InChI is InChI=1S/C12H18N2O2/c1-14-9-5-11(6-10-14)4-8-13-7-2-3-12(15)16/h5-6,9-10,13H,2-4,7-8H2,1H3/p+1. The van der Waals surface area contributed by atoms with Crippen LogP contribution in [0.5, 0.6) is 0 Å². The summed E-state index contributed by atoms with van der Waals surface area (Å²) in [6.45, 7) is 1.67. The first kappa shape index (κ1) is 12.6. The van der Waals surface area contributed by atoms with Crippen LogP contribution in [-0.4, -0.2) is 24.2 Å². The minimum Gasteiger partial charge on any atom is -0.481 e. The van der Waals surface area contributed by atoms with Gasteiger partial charge >= 0.3 is 5.97 Å². The van der Waals surface area contributed by atoms with Crippen molar-refractivity contribution in [1.29, 1.82) is 0 Å². The quantitative estimate of drug-likeness (QED) is 0.523. The third kappa shape index (κ3) is 5.46. The molecule has 0 aromatic carbocycles. The second-order valence-electron chi connectivity index (χ2n) is 3.87. The molecule has 1 aromatic heterocycles. The van der Waals surface area contributed by atoms with Crippen LogP contribution in [0, 0.1) is 0 Å². The number of nitrogens with one attached hydrogen (secondary N) is 1. The third-order valence-electron chi connectivity index (χ3n) is 2.38. The molecule has 1 aromatic rings. The molecular formula is C12H19N2O2+. The van der Waals surface area contributed by atoms with E-state index >= 15 is 0 Å². The first-order valence-electron chi connectivity index (χ1n) is 5.55. The van der Waals surface area contributed by atoms with Gasteiger partial charge in [-0.3, -0.25) is 4.79 Å². The zero-order valence-electron chi connectivity index (χ0n) is 9.65. The smallest absolute Gasteiger partial charge is 0.303 e. The summed E-state index contributed by atoms with van der Waals surface area (Å²) >= 11 is 0. The molecule has 0 bridgehead atoms. The Balaban J connectivity index is 2.07. The molecule has 0 saturated carbocycles. The maximum absolute atomic E-state index is 10.3. The number of pyridine rings is 1. The van der Waals surface area contributed by atoms with E-state index in [1.807, 2.05) is 24.0 Å². The van der Waals surface area contributed by atoms with Gasteiger partial charge in [-0.2, -0.15) is 0 Å². The first-order valence-corrected chi connectivity index (χ1v) is 5.55. The van der Waals surface area contributed by atoms with Crippen molar-refractivity contribution < 1.29 is 14.5 Å². The zero-order chi connectivity index (χ0) is 11.8. The molecule has 0 unspecified atom stereocenters. The summed E-state index contributed by atoms with van der Waals surface area (Å²) in [7, 11) is 1.99. The van der Waals surface area contributed by atoms with Crippen molar-refractivity contribution in [3.63, 3.8) is 0 Å². The van der Waals surface area contributed by atoms with Gasteiger partial charge in [0.25, 0.3) is 0 Å². The average molecular weight is 223 g/mol. The summed E-state index contributed by atoms with van der Waals surface area (Å²) in [5.41, 5.74) is 1.30. The third-order valence-corrected chi connectivity index (χ3v) is 2.38. The Kier molecular flexibility index (Phi) is 5.50. The normalized spacial score (nSPS) is 10.3. The van der Waals surface area contributed by atoms with Crippen LogP contribution >= 0.6 is 0 Å². The molecule has 0 fully saturated rings. The van der Waals surface area contributed by atoms with Crippen molar-refractivity contribution in [2.45, 2.75) is 19.3 Å². The molecule has 0 spiro atoms. The molecule has 1 rings (SSSR count). The van der Waals surface area contributed by atoms with E-state index in [0.29, 0.717) is 6.42 Å². The van der Waals surface area contributed by atoms with Gasteiger partial charge in [-0.25, -0.2) is 4.57 Å². The lowest BCUT2D eigenvalue weighted by Crippen LogP contribution is -2.26. The van der Waals surface area contributed by atoms with Crippen LogP contribution < -0.4 is 9.88 Å². The number of hydrogen-bond donors (Lipinski definition) is 2. The minimum atomic E-state index is -0.725. The van der Waals surface area contributed by atoms with Crippen molar-refractivity contribution in [1.82, 2.24) is 5.32 Å². The number of aryl methyl sites for hydroxylation is 1. The summed E-state index contributed by atoms with van der Waals surface area (Å²) in [6, 6.07) is 4.19. The molecule has 16 heavy (non-hydrogen) atoms. The topological polar surface area (TPSA) is 53.2 Å². The van der Waals surface area contributed by atoms with Crippen LogP contribution in [0.25, 0.3) is 0 Å². The Morgan fingerprint density at radius 1 is 1.38 bits per heavy atom. The SMILES string of the molecule is C[n+]1ccc(CCNCCCC(=O)O)cc1. The number of rotatable bonds is 7. The lowest BCUT2D eigenvalue weighted by molar-refractivity contribution is -0.671. The highest BCUT2D eigenvalue weighted by Gasteiger charge is 1.97. The summed E-state index contributed by atoms with van der Waals surface area (Å²) in [6.07, 6.45) is 5.97. The fourth-order valence-electron chi connectivity index (χ4n) is 1.42. The van der Waals surface area contributed by atoms with Crippen LogP contribution in [0.1, 0.15) is 18.4 Å². The first-order chi connectivity index (χ1) is 7.68. The Bertz CT molecular complexity index is 322. The average Bonchev–Trinajstić information content (AvgIpc) is 2.25. The Hall–Kier alpha value is -1.42. The largest absolute Gasteiger partial charge is 0.481 e. The molecule has 0 saturated heterocycles. The monoisotopic (exact) mass is 223 g/mol. The molecule has 0 aliphatic carbocycles. The molecular weight excluding hydrogens is 204 g/mol. The predicted octanol–water partition coefficient (Wildman–Crippen LogP) is 0.508. The number of aromatic nitrogens is 1. The van der Waals surface area contributed by atoms with E-state index in [1.54, 1.807) is 0 Å². The molecule has 2 N–H and O–H groups in total. The lowest BCUT2D eigenvalue weighted by Gasteiger charge is -2.03. The van der Waals surface area contributed by atoms with Crippen LogP contribution in [0.3, 0.4) is 0 Å². The number of nitrogens with zero attached hydrogens (tertiary/aromatic N) is 1. The van der Waals surface area contributed by atoms with Gasteiger partial charge in [-0.15, -0.1) is 0 Å². The van der Waals surface area contributed by atoms with Gasteiger partial charge in [-0.1, -0.05) is 0 Å². The summed E-state index contributed by atoms with van der Waals surface area (Å²) in [4.78, 5) is 10.3. The fourth-order valence-corrected chi connectivity index (χ4v) is 1.42. The van der Waals surface area contributed by atoms with E-state index < -0.39 is 5.97 Å². The van der Waals surface area contributed by atoms with Crippen LogP contribution in [0.15, 0.2) is 24.5 Å². The summed E-state index contributed by atoms with van der Waals surface area (Å²) in [5, 5.41) is 11.7. The second-order valence-corrected chi connectivity index (χ2v) is 3.87. The highest BCUT2D eigenvalue weighted by atomic mass is 16.4. The van der Waals surface area contributed by atoms with E-state index in [2.05, 4.69) is 17.4 Å². The Morgan fingerprint density at radius 3 is 2.69 bits per heavy atom. The van der Waals surface area contributed by atoms with E-state index in [4.69, 9.17) is 5.11 Å². The number of carboxylic acids is 1. The van der Waals surface area contributed by atoms with Crippen LogP contribution in [0.4, 0.5) is 0 Å². The van der Waals surface area contributed by atoms with E-state index in [1.165, 1.54) is 5.56 Å². The molecule has 0 amide bonds. The molecule has 4 nitrogen and oxygen atoms in total. The molecule has 0 aliphatic rings. The maximum atomic E-state index is 10.3. The number of aliphatic carboxylic acids is 1. The Labute approximate surface area is 95.9 Å². The van der Waals surface area contributed by atoms with Crippen LogP contribution in [0.2, 0.25) is 0 Å². The van der Waals surface area contributed by atoms with Gasteiger partial charge in [-0.05, 0) is 31.5 Å². The zero-order valence-corrected chi connectivity index (χ0v) is 9.65. The van der Waals surface area contributed by atoms with E-state index in [0.717, 1.165) is 19.5 Å². The number of carbonyl (C=O) groups is 1. The van der Waals surface area contributed by atoms with Gasteiger partial charge in [0.05, 0.1) is 0 Å². The highest BCUT2D eigenvalue weighted by molar-refractivity contribution is 5.66. The van der Waals surface area contributed by atoms with Crippen molar-refractivity contribution in [3.05, 3.63) is 30.1 Å². The van der Waals surface area contributed by atoms with Gasteiger partial charge in [0.2, 0.25) is 0 Å². The fraction of sp³-hybridized carbons (Fsp3) is 0.500.